The lowest BCUT2D eigenvalue weighted by Crippen LogP contribution is -2.29. The van der Waals surface area contributed by atoms with Crippen LogP contribution in [0.15, 0.2) is 35.2 Å². The molecule has 12 heteroatoms. The highest BCUT2D eigenvalue weighted by molar-refractivity contribution is 7.97. The normalized spacial score (nSPS) is 12.1. The van der Waals surface area contributed by atoms with Crippen LogP contribution in [0.4, 0.5) is 30.8 Å². The number of benzene rings is 2. The number of aromatic nitrogens is 3. The molecule has 7 nitrogen and oxygen atoms in total. The third-order valence-electron chi connectivity index (χ3n) is 4.07. The summed E-state index contributed by atoms with van der Waals surface area (Å²) in [6.07, 6.45) is -4.66. The first-order valence-corrected chi connectivity index (χ1v) is 10.5. The number of ether oxygens (including phenoxy) is 1. The Morgan fingerprint density at radius 2 is 1.88 bits per heavy atom. The SMILES string of the molecule is COc1ccc(-c2c(Cl)cc(Nc3n[nH]c(N)n3)cc2C(F)(F)F)cc1SNC(C)(C)C. The zero-order valence-electron chi connectivity index (χ0n) is 17.7. The summed E-state index contributed by atoms with van der Waals surface area (Å²) < 4.78 is 50.6. The summed E-state index contributed by atoms with van der Waals surface area (Å²) >= 11 is 7.63. The summed E-state index contributed by atoms with van der Waals surface area (Å²) in [7, 11) is 1.50. The molecule has 1 heterocycles. The molecule has 3 rings (SSSR count). The van der Waals surface area contributed by atoms with Gasteiger partial charge in [0.05, 0.1) is 22.6 Å². The Labute approximate surface area is 192 Å². The summed E-state index contributed by atoms with van der Waals surface area (Å²) in [5.41, 5.74) is 4.56. The van der Waals surface area contributed by atoms with Gasteiger partial charge in [0.1, 0.15) is 5.75 Å². The van der Waals surface area contributed by atoms with Crippen LogP contribution < -0.4 is 20.5 Å². The number of nitrogens with two attached hydrogens (primary N) is 1. The van der Waals surface area contributed by atoms with Crippen LogP contribution >= 0.6 is 23.5 Å². The van der Waals surface area contributed by atoms with Gasteiger partial charge in [0.25, 0.3) is 0 Å². The molecule has 0 aliphatic rings. The molecule has 0 bridgehead atoms. The smallest absolute Gasteiger partial charge is 0.417 e. The van der Waals surface area contributed by atoms with E-state index in [9.17, 15) is 13.2 Å². The molecule has 0 saturated carbocycles. The van der Waals surface area contributed by atoms with Gasteiger partial charge in [0.2, 0.25) is 11.9 Å². The molecule has 0 atom stereocenters. The molecular formula is C20H22ClF3N6OS. The van der Waals surface area contributed by atoms with Gasteiger partial charge in [-0.2, -0.15) is 18.2 Å². The number of H-pyrrole nitrogens is 1. The summed E-state index contributed by atoms with van der Waals surface area (Å²) in [6, 6.07) is 7.10. The van der Waals surface area contributed by atoms with Crippen molar-refractivity contribution in [2.24, 2.45) is 0 Å². The van der Waals surface area contributed by atoms with E-state index in [1.165, 1.54) is 25.1 Å². The average molecular weight is 487 g/mol. The zero-order valence-corrected chi connectivity index (χ0v) is 19.3. The fraction of sp³-hybridized carbons (Fsp3) is 0.300. The Morgan fingerprint density at radius 1 is 1.16 bits per heavy atom. The number of nitrogens with zero attached hydrogens (tertiary/aromatic N) is 2. The van der Waals surface area contributed by atoms with Gasteiger partial charge in [-0.3, -0.25) is 4.72 Å². The molecule has 172 valence electrons. The molecule has 32 heavy (non-hydrogen) atoms. The minimum absolute atomic E-state index is 0.0239. The van der Waals surface area contributed by atoms with Gasteiger partial charge in [-0.15, -0.1) is 5.10 Å². The third-order valence-corrected chi connectivity index (χ3v) is 5.63. The number of anilines is 3. The van der Waals surface area contributed by atoms with Gasteiger partial charge in [-0.25, -0.2) is 5.10 Å². The predicted octanol–water partition coefficient (Wildman–Crippen LogP) is 5.87. The summed E-state index contributed by atoms with van der Waals surface area (Å²) in [5, 5.41) is 8.75. The molecule has 0 aliphatic carbocycles. The molecule has 0 saturated heterocycles. The van der Waals surface area contributed by atoms with Crippen LogP contribution in [0.1, 0.15) is 26.3 Å². The molecule has 3 aromatic rings. The summed E-state index contributed by atoms with van der Waals surface area (Å²) in [6.45, 7) is 5.92. The van der Waals surface area contributed by atoms with E-state index in [4.69, 9.17) is 22.1 Å². The molecule has 1 aromatic heterocycles. The zero-order chi connectivity index (χ0) is 23.7. The van der Waals surface area contributed by atoms with Gasteiger partial charge in [0, 0.05) is 16.8 Å². The standard InChI is InChI=1S/C20H22ClF3N6OS/c1-19(2,3)30-32-15-7-10(5-6-14(15)31-4)16-12(20(22,23)24)8-11(9-13(16)21)26-18-27-17(25)28-29-18/h5-9,30H,1-4H3,(H4,25,26,27,28,29). The Morgan fingerprint density at radius 3 is 2.44 bits per heavy atom. The maximum Gasteiger partial charge on any atom is 0.417 e. The lowest BCUT2D eigenvalue weighted by Gasteiger charge is -2.21. The molecule has 0 unspecified atom stereocenters. The van der Waals surface area contributed by atoms with Crippen molar-refractivity contribution in [1.29, 1.82) is 0 Å². The van der Waals surface area contributed by atoms with Crippen molar-refractivity contribution in [2.75, 3.05) is 18.2 Å². The fourth-order valence-electron chi connectivity index (χ4n) is 2.78. The molecule has 2 aromatic carbocycles. The first-order chi connectivity index (χ1) is 14.9. The molecule has 0 radical (unpaired) electrons. The molecule has 0 aliphatic heterocycles. The maximum absolute atomic E-state index is 14.0. The summed E-state index contributed by atoms with van der Waals surface area (Å²) in [4.78, 5) is 4.46. The van der Waals surface area contributed by atoms with Crippen LogP contribution in [0.25, 0.3) is 11.1 Å². The van der Waals surface area contributed by atoms with E-state index in [-0.39, 0.29) is 33.7 Å². The highest BCUT2D eigenvalue weighted by Crippen LogP contribution is 2.44. The Kier molecular flexibility index (Phi) is 6.82. The number of nitrogen functional groups attached to an aromatic ring is 1. The molecular weight excluding hydrogens is 465 g/mol. The number of methoxy groups -OCH3 is 1. The van der Waals surface area contributed by atoms with Gasteiger partial charge in [0.15, 0.2) is 0 Å². The quantitative estimate of drug-likeness (QED) is 0.323. The molecule has 0 fully saturated rings. The van der Waals surface area contributed by atoms with E-state index >= 15 is 0 Å². The fourth-order valence-corrected chi connectivity index (χ4v) is 3.96. The lowest BCUT2D eigenvalue weighted by atomic mass is 9.98. The number of aromatic amines is 1. The van der Waals surface area contributed by atoms with Crippen LogP contribution in [0.5, 0.6) is 5.75 Å². The average Bonchev–Trinajstić information content (AvgIpc) is 3.09. The lowest BCUT2D eigenvalue weighted by molar-refractivity contribution is -0.137. The number of halogens is 4. The van der Waals surface area contributed by atoms with Crippen LogP contribution in [-0.2, 0) is 6.18 Å². The monoisotopic (exact) mass is 486 g/mol. The largest absolute Gasteiger partial charge is 0.496 e. The first kappa shape index (κ1) is 24.0. The Bertz CT molecular complexity index is 1110. The topological polar surface area (TPSA) is 101 Å². The maximum atomic E-state index is 14.0. The van der Waals surface area contributed by atoms with Crippen molar-refractivity contribution >= 4 is 41.1 Å². The second kappa shape index (κ2) is 9.08. The van der Waals surface area contributed by atoms with E-state index in [0.29, 0.717) is 16.2 Å². The third kappa shape index (κ3) is 5.78. The second-order valence-corrected chi connectivity index (χ2v) is 9.12. The van der Waals surface area contributed by atoms with Crippen molar-refractivity contribution in [1.82, 2.24) is 19.9 Å². The first-order valence-electron chi connectivity index (χ1n) is 9.35. The minimum atomic E-state index is -4.66. The van der Waals surface area contributed by atoms with E-state index in [2.05, 4.69) is 25.2 Å². The van der Waals surface area contributed by atoms with Crippen molar-refractivity contribution < 1.29 is 17.9 Å². The van der Waals surface area contributed by atoms with Gasteiger partial charge in [-0.1, -0.05) is 17.7 Å². The number of hydrogen-bond acceptors (Lipinski definition) is 7. The summed E-state index contributed by atoms with van der Waals surface area (Å²) in [5.74, 6) is 0.579. The predicted molar refractivity (Wildman–Crippen MR) is 121 cm³/mol. The van der Waals surface area contributed by atoms with Gasteiger partial charge in [-0.05, 0) is 62.5 Å². The molecule has 5 N–H and O–H groups in total. The highest BCUT2D eigenvalue weighted by atomic mass is 35.5. The van der Waals surface area contributed by atoms with E-state index in [1.807, 2.05) is 20.8 Å². The number of hydrogen-bond donors (Lipinski definition) is 4. The van der Waals surface area contributed by atoms with Crippen molar-refractivity contribution in [3.8, 4) is 16.9 Å². The van der Waals surface area contributed by atoms with Crippen molar-refractivity contribution in [2.45, 2.75) is 37.4 Å². The second-order valence-electron chi connectivity index (χ2n) is 7.87. The van der Waals surface area contributed by atoms with E-state index in [1.54, 1.807) is 18.2 Å². The highest BCUT2D eigenvalue weighted by Gasteiger charge is 2.35. The van der Waals surface area contributed by atoms with Crippen molar-refractivity contribution in [3.63, 3.8) is 0 Å². The van der Waals surface area contributed by atoms with Crippen LogP contribution in [-0.4, -0.2) is 27.8 Å². The Balaban J connectivity index is 2.08. The van der Waals surface area contributed by atoms with Crippen LogP contribution in [0, 0.1) is 0 Å². The van der Waals surface area contributed by atoms with Crippen LogP contribution in [0.2, 0.25) is 5.02 Å². The van der Waals surface area contributed by atoms with Crippen LogP contribution in [0.3, 0.4) is 0 Å². The number of rotatable bonds is 6. The minimum Gasteiger partial charge on any atom is -0.496 e. The van der Waals surface area contributed by atoms with Gasteiger partial charge < -0.3 is 15.8 Å². The van der Waals surface area contributed by atoms with E-state index < -0.39 is 11.7 Å². The number of nitrogens with one attached hydrogen (secondary N) is 3. The molecule has 0 amide bonds. The van der Waals surface area contributed by atoms with Gasteiger partial charge >= 0.3 is 6.18 Å². The Hall–Kier alpha value is -2.63. The number of alkyl halides is 3. The van der Waals surface area contributed by atoms with E-state index in [0.717, 1.165) is 6.07 Å². The molecule has 0 spiro atoms. The van der Waals surface area contributed by atoms with Crippen molar-refractivity contribution in [3.05, 3.63) is 40.9 Å².